The molecule has 1 fully saturated rings. The predicted molar refractivity (Wildman–Crippen MR) is 83.4 cm³/mol. The lowest BCUT2D eigenvalue weighted by atomic mass is 10.2. The number of hydrogen-bond donors (Lipinski definition) is 1. The van der Waals surface area contributed by atoms with E-state index < -0.39 is 10.0 Å². The Kier molecular flexibility index (Phi) is 3.59. The van der Waals surface area contributed by atoms with Crippen molar-refractivity contribution in [3.63, 3.8) is 0 Å². The number of nitrogens with zero attached hydrogens (tertiary/aromatic N) is 2. The molecule has 0 saturated heterocycles. The van der Waals surface area contributed by atoms with E-state index in [9.17, 15) is 8.42 Å². The van der Waals surface area contributed by atoms with Crippen molar-refractivity contribution in [2.75, 3.05) is 12.8 Å². The molecule has 3 rings (SSSR count). The third-order valence-corrected chi connectivity index (χ3v) is 6.20. The molecule has 0 bridgehead atoms. The van der Waals surface area contributed by atoms with Crippen LogP contribution in [0.5, 0.6) is 0 Å². The van der Waals surface area contributed by atoms with Crippen LogP contribution >= 0.6 is 0 Å². The Labute approximate surface area is 124 Å². The van der Waals surface area contributed by atoms with Crippen LogP contribution in [0.4, 0.5) is 5.69 Å². The van der Waals surface area contributed by atoms with E-state index in [4.69, 9.17) is 5.73 Å². The molecule has 1 aliphatic rings. The van der Waals surface area contributed by atoms with Crippen LogP contribution in [0.2, 0.25) is 0 Å². The Morgan fingerprint density at radius 3 is 2.67 bits per heavy atom. The minimum Gasteiger partial charge on any atom is -0.398 e. The fraction of sp³-hybridized carbons (Fsp3) is 0.400. The average Bonchev–Trinajstić information content (AvgIpc) is 3.01. The monoisotopic (exact) mass is 305 g/mol. The largest absolute Gasteiger partial charge is 0.398 e. The highest BCUT2D eigenvalue weighted by atomic mass is 32.2. The summed E-state index contributed by atoms with van der Waals surface area (Å²) >= 11 is 0. The number of nitrogen functional groups attached to an aromatic ring is 1. The van der Waals surface area contributed by atoms with Crippen molar-refractivity contribution in [1.82, 2.24) is 9.29 Å². The van der Waals surface area contributed by atoms with Gasteiger partial charge < -0.3 is 5.73 Å². The van der Waals surface area contributed by atoms with E-state index in [1.54, 1.807) is 37.5 Å². The standard InChI is InChI=1S/C15H19N3O2S/c1-18(11-5-2-3-6-11)21(19,20)14-9-8-13(16)12-7-4-10-17-15(12)14/h4,7-11H,2-3,5-6,16H2,1H3. The van der Waals surface area contributed by atoms with Crippen molar-refractivity contribution < 1.29 is 8.42 Å². The molecule has 0 amide bonds. The van der Waals surface area contributed by atoms with Gasteiger partial charge in [0.2, 0.25) is 10.0 Å². The molecule has 1 aliphatic carbocycles. The molecule has 0 atom stereocenters. The number of rotatable bonds is 3. The van der Waals surface area contributed by atoms with E-state index in [0.717, 1.165) is 25.7 Å². The maximum Gasteiger partial charge on any atom is 0.245 e. The summed E-state index contributed by atoms with van der Waals surface area (Å²) in [6.07, 6.45) is 5.62. The van der Waals surface area contributed by atoms with Gasteiger partial charge in [-0.15, -0.1) is 0 Å². The van der Waals surface area contributed by atoms with Gasteiger partial charge in [0.15, 0.2) is 0 Å². The molecule has 0 aliphatic heterocycles. The Morgan fingerprint density at radius 1 is 1.24 bits per heavy atom. The second kappa shape index (κ2) is 5.27. The zero-order chi connectivity index (χ0) is 15.0. The van der Waals surface area contributed by atoms with Crippen molar-refractivity contribution in [3.05, 3.63) is 30.5 Å². The van der Waals surface area contributed by atoms with Crippen LogP contribution in [0.1, 0.15) is 25.7 Å². The molecule has 2 N–H and O–H groups in total. The zero-order valence-electron chi connectivity index (χ0n) is 12.0. The van der Waals surface area contributed by atoms with Gasteiger partial charge in [0, 0.05) is 30.4 Å². The molecule has 1 aromatic carbocycles. The van der Waals surface area contributed by atoms with E-state index in [-0.39, 0.29) is 10.9 Å². The van der Waals surface area contributed by atoms with Crippen LogP contribution in [0, 0.1) is 0 Å². The normalized spacial score (nSPS) is 16.9. The quantitative estimate of drug-likeness (QED) is 0.883. The average molecular weight is 305 g/mol. The van der Waals surface area contributed by atoms with Crippen molar-refractivity contribution >= 4 is 26.6 Å². The lowest BCUT2D eigenvalue weighted by Gasteiger charge is -2.24. The first kappa shape index (κ1) is 14.3. The summed E-state index contributed by atoms with van der Waals surface area (Å²) in [6, 6.07) is 6.85. The first-order valence-corrected chi connectivity index (χ1v) is 8.57. The lowest BCUT2D eigenvalue weighted by molar-refractivity contribution is 0.373. The maximum atomic E-state index is 12.9. The van der Waals surface area contributed by atoms with Gasteiger partial charge in [-0.3, -0.25) is 4.98 Å². The maximum absolute atomic E-state index is 12.9. The van der Waals surface area contributed by atoms with E-state index in [1.807, 2.05) is 0 Å². The van der Waals surface area contributed by atoms with Crippen molar-refractivity contribution in [3.8, 4) is 0 Å². The van der Waals surface area contributed by atoms with E-state index in [0.29, 0.717) is 16.6 Å². The first-order valence-electron chi connectivity index (χ1n) is 7.13. The number of sulfonamides is 1. The molecule has 1 aromatic heterocycles. The van der Waals surface area contributed by atoms with E-state index >= 15 is 0 Å². The van der Waals surface area contributed by atoms with Crippen LogP contribution in [0.15, 0.2) is 35.4 Å². The molecule has 6 heteroatoms. The number of aromatic nitrogens is 1. The molecule has 0 radical (unpaired) electrons. The van der Waals surface area contributed by atoms with E-state index in [1.165, 1.54) is 4.31 Å². The second-order valence-corrected chi connectivity index (χ2v) is 7.48. The van der Waals surface area contributed by atoms with Gasteiger partial charge in [-0.2, -0.15) is 4.31 Å². The number of fused-ring (bicyclic) bond motifs is 1. The van der Waals surface area contributed by atoms with Crippen LogP contribution in [-0.4, -0.2) is 30.8 Å². The molecule has 2 aromatic rings. The number of hydrogen-bond acceptors (Lipinski definition) is 4. The van der Waals surface area contributed by atoms with Crippen molar-refractivity contribution in [2.24, 2.45) is 0 Å². The summed E-state index contributed by atoms with van der Waals surface area (Å²) in [4.78, 5) is 4.47. The van der Waals surface area contributed by atoms with Crippen LogP contribution in [0.3, 0.4) is 0 Å². The van der Waals surface area contributed by atoms with Gasteiger partial charge in [0.1, 0.15) is 4.90 Å². The van der Waals surface area contributed by atoms with Crippen LogP contribution < -0.4 is 5.73 Å². The smallest absolute Gasteiger partial charge is 0.245 e. The molecule has 112 valence electrons. The topological polar surface area (TPSA) is 76.3 Å². The number of anilines is 1. The second-order valence-electron chi connectivity index (χ2n) is 5.51. The van der Waals surface area contributed by atoms with Gasteiger partial charge in [-0.05, 0) is 37.1 Å². The predicted octanol–water partition coefficient (Wildman–Crippen LogP) is 2.38. The third kappa shape index (κ3) is 2.38. The summed E-state index contributed by atoms with van der Waals surface area (Å²) in [6.45, 7) is 0. The van der Waals surface area contributed by atoms with E-state index in [2.05, 4.69) is 4.98 Å². The molecular weight excluding hydrogens is 286 g/mol. The summed E-state index contributed by atoms with van der Waals surface area (Å²) in [5, 5.41) is 0.679. The molecule has 0 spiro atoms. The summed E-state index contributed by atoms with van der Waals surface area (Å²) in [7, 11) is -1.89. The Balaban J connectivity index is 2.13. The highest BCUT2D eigenvalue weighted by Gasteiger charge is 2.31. The molecule has 1 saturated carbocycles. The third-order valence-electron chi connectivity index (χ3n) is 4.26. The van der Waals surface area contributed by atoms with Crippen LogP contribution in [0.25, 0.3) is 10.9 Å². The molecule has 5 nitrogen and oxygen atoms in total. The van der Waals surface area contributed by atoms with Crippen molar-refractivity contribution in [2.45, 2.75) is 36.6 Å². The number of benzene rings is 1. The lowest BCUT2D eigenvalue weighted by Crippen LogP contribution is -2.35. The van der Waals surface area contributed by atoms with Gasteiger partial charge in [0.25, 0.3) is 0 Å². The highest BCUT2D eigenvalue weighted by Crippen LogP contribution is 2.31. The Hall–Kier alpha value is -1.66. The highest BCUT2D eigenvalue weighted by molar-refractivity contribution is 7.89. The Bertz CT molecular complexity index is 768. The molecule has 21 heavy (non-hydrogen) atoms. The molecule has 1 heterocycles. The number of nitrogens with two attached hydrogens (primary N) is 1. The Morgan fingerprint density at radius 2 is 1.95 bits per heavy atom. The van der Waals surface area contributed by atoms with Gasteiger partial charge >= 0.3 is 0 Å². The first-order chi connectivity index (χ1) is 10.0. The number of pyridine rings is 1. The molecule has 0 unspecified atom stereocenters. The zero-order valence-corrected chi connectivity index (χ0v) is 12.8. The fourth-order valence-corrected chi connectivity index (χ4v) is 4.56. The van der Waals surface area contributed by atoms with Gasteiger partial charge in [0.05, 0.1) is 5.52 Å². The fourth-order valence-electron chi connectivity index (χ4n) is 3.00. The SMILES string of the molecule is CN(C1CCCC1)S(=O)(=O)c1ccc(N)c2cccnc12. The summed E-state index contributed by atoms with van der Waals surface area (Å²) in [5.41, 5.74) is 6.91. The van der Waals surface area contributed by atoms with Crippen molar-refractivity contribution in [1.29, 1.82) is 0 Å². The van der Waals surface area contributed by atoms with Gasteiger partial charge in [-0.25, -0.2) is 8.42 Å². The summed E-state index contributed by atoms with van der Waals surface area (Å²) < 4.78 is 27.3. The minimum atomic E-state index is -3.55. The van der Waals surface area contributed by atoms with Gasteiger partial charge in [-0.1, -0.05) is 12.8 Å². The summed E-state index contributed by atoms with van der Waals surface area (Å²) in [5.74, 6) is 0. The van der Waals surface area contributed by atoms with Crippen LogP contribution in [-0.2, 0) is 10.0 Å². The minimum absolute atomic E-state index is 0.0892. The molecular formula is C15H19N3O2S.